The smallest absolute Gasteiger partial charge is 0.303 e. The van der Waals surface area contributed by atoms with Gasteiger partial charge in [0.2, 0.25) is 0 Å². The van der Waals surface area contributed by atoms with Crippen LogP contribution >= 0.6 is 12.2 Å². The zero-order chi connectivity index (χ0) is 13.9. The Kier molecular flexibility index (Phi) is 8.05. The molecular formula is C14H22N2O2S. The monoisotopic (exact) mass is 282 g/mol. The molecule has 2 N–H and O–H groups in total. The summed E-state index contributed by atoms with van der Waals surface area (Å²) in [4.78, 5) is 17.6. The number of nitrogens with one attached hydrogen (secondary N) is 1. The molecule has 0 aliphatic heterocycles. The third kappa shape index (κ3) is 8.48. The Hall–Kier alpha value is -1.23. The molecule has 0 radical (unpaired) electrons. The molecule has 0 amide bonds. The van der Waals surface area contributed by atoms with Gasteiger partial charge in [-0.15, -0.1) is 0 Å². The zero-order valence-electron chi connectivity index (χ0n) is 11.2. The first-order valence-corrected chi connectivity index (χ1v) is 7.35. The van der Waals surface area contributed by atoms with Gasteiger partial charge >= 0.3 is 5.97 Å². The van der Waals surface area contributed by atoms with Crippen LogP contribution in [0.1, 0.15) is 57.1 Å². The molecule has 0 fully saturated rings. The van der Waals surface area contributed by atoms with E-state index in [1.54, 1.807) is 6.20 Å². The molecule has 1 aromatic heterocycles. The number of carbonyl (C=O) groups is 1. The summed E-state index contributed by atoms with van der Waals surface area (Å²) in [5.41, 5.74) is 1.06. The molecule has 0 unspecified atom stereocenters. The molecule has 1 aromatic rings. The number of nitrogens with zero attached hydrogens (tertiary/aromatic N) is 1. The predicted octanol–water partition coefficient (Wildman–Crippen LogP) is 3.89. The van der Waals surface area contributed by atoms with Crippen LogP contribution in [-0.2, 0) is 11.2 Å². The van der Waals surface area contributed by atoms with Crippen molar-refractivity contribution in [2.24, 2.45) is 0 Å². The van der Waals surface area contributed by atoms with Crippen molar-refractivity contribution in [1.29, 1.82) is 0 Å². The Labute approximate surface area is 119 Å². The average molecular weight is 282 g/mol. The second-order valence-corrected chi connectivity index (χ2v) is 5.21. The number of rotatable bonds is 10. The van der Waals surface area contributed by atoms with Gasteiger partial charge in [-0.3, -0.25) is 9.78 Å². The number of carboxylic acids is 1. The molecule has 19 heavy (non-hydrogen) atoms. The lowest BCUT2D eigenvalue weighted by Crippen LogP contribution is -1.93. The number of aryl methyl sites for hydroxylation is 1. The van der Waals surface area contributed by atoms with E-state index in [4.69, 9.17) is 17.3 Å². The molecular weight excluding hydrogens is 260 g/mol. The lowest BCUT2D eigenvalue weighted by atomic mass is 10.1. The third-order valence-corrected chi connectivity index (χ3v) is 3.28. The van der Waals surface area contributed by atoms with Gasteiger partial charge in [0.15, 0.2) is 0 Å². The second kappa shape index (κ2) is 9.67. The number of unbranched alkanes of at least 4 members (excludes halogenated alkanes) is 6. The van der Waals surface area contributed by atoms with Gasteiger partial charge in [0, 0.05) is 12.6 Å². The van der Waals surface area contributed by atoms with Gasteiger partial charge < -0.3 is 10.1 Å². The number of H-pyrrole nitrogens is 1. The first-order valence-electron chi connectivity index (χ1n) is 6.94. The van der Waals surface area contributed by atoms with Crippen molar-refractivity contribution in [3.8, 4) is 0 Å². The number of hydrogen-bond acceptors (Lipinski definition) is 3. The van der Waals surface area contributed by atoms with E-state index >= 15 is 0 Å². The largest absolute Gasteiger partial charge is 0.481 e. The van der Waals surface area contributed by atoms with Crippen LogP contribution in [0.5, 0.6) is 0 Å². The van der Waals surface area contributed by atoms with E-state index in [0.29, 0.717) is 11.1 Å². The van der Waals surface area contributed by atoms with Crippen LogP contribution in [0.3, 0.4) is 0 Å². The van der Waals surface area contributed by atoms with Crippen LogP contribution in [0.2, 0.25) is 0 Å². The summed E-state index contributed by atoms with van der Waals surface area (Å²) in [7, 11) is 0. The standard InChI is InChI=1S/C14H22N2O2S/c17-14(18)9-7-5-3-1-2-4-6-8-12-10-16-13(19)11-15-12/h10-11H,1-9H2,(H,16,19)(H,17,18). The van der Waals surface area contributed by atoms with Gasteiger partial charge in [-0.05, 0) is 19.3 Å². The number of aliphatic carboxylic acids is 1. The van der Waals surface area contributed by atoms with E-state index in [1.807, 2.05) is 6.20 Å². The number of carboxylic acid groups (broad SMARTS) is 1. The molecule has 1 heterocycles. The van der Waals surface area contributed by atoms with Gasteiger partial charge in [0.05, 0.1) is 11.9 Å². The lowest BCUT2D eigenvalue weighted by molar-refractivity contribution is -0.137. The van der Waals surface area contributed by atoms with Gasteiger partial charge in [-0.25, -0.2) is 0 Å². The quantitative estimate of drug-likeness (QED) is 0.505. The van der Waals surface area contributed by atoms with Crippen molar-refractivity contribution in [3.05, 3.63) is 22.7 Å². The number of hydrogen-bond donors (Lipinski definition) is 2. The van der Waals surface area contributed by atoms with Gasteiger partial charge in [0.1, 0.15) is 4.64 Å². The minimum absolute atomic E-state index is 0.307. The third-order valence-electron chi connectivity index (χ3n) is 3.05. The summed E-state index contributed by atoms with van der Waals surface area (Å²) in [6, 6.07) is 0. The molecule has 0 spiro atoms. The highest BCUT2D eigenvalue weighted by atomic mass is 32.1. The molecule has 0 bridgehead atoms. The molecule has 0 aliphatic carbocycles. The highest BCUT2D eigenvalue weighted by Gasteiger charge is 1.97. The van der Waals surface area contributed by atoms with Crippen molar-refractivity contribution in [2.45, 2.75) is 57.8 Å². The van der Waals surface area contributed by atoms with E-state index in [1.165, 1.54) is 19.3 Å². The van der Waals surface area contributed by atoms with E-state index in [-0.39, 0.29) is 0 Å². The van der Waals surface area contributed by atoms with Crippen LogP contribution < -0.4 is 0 Å². The summed E-state index contributed by atoms with van der Waals surface area (Å²) in [6.45, 7) is 0. The molecule has 4 nitrogen and oxygen atoms in total. The predicted molar refractivity (Wildman–Crippen MR) is 77.7 cm³/mol. The topological polar surface area (TPSA) is 66.0 Å². The molecule has 0 aromatic carbocycles. The fourth-order valence-corrected chi connectivity index (χ4v) is 2.09. The van der Waals surface area contributed by atoms with Crippen LogP contribution in [0, 0.1) is 4.64 Å². The van der Waals surface area contributed by atoms with Crippen molar-refractivity contribution in [2.75, 3.05) is 0 Å². The Morgan fingerprint density at radius 1 is 1.16 bits per heavy atom. The minimum Gasteiger partial charge on any atom is -0.481 e. The minimum atomic E-state index is -0.686. The van der Waals surface area contributed by atoms with Crippen molar-refractivity contribution >= 4 is 18.2 Å². The Morgan fingerprint density at radius 3 is 2.37 bits per heavy atom. The van der Waals surface area contributed by atoms with E-state index in [0.717, 1.165) is 37.8 Å². The summed E-state index contributed by atoms with van der Waals surface area (Å²) >= 11 is 4.94. The lowest BCUT2D eigenvalue weighted by Gasteiger charge is -2.02. The zero-order valence-corrected chi connectivity index (χ0v) is 12.0. The fraction of sp³-hybridized carbons (Fsp3) is 0.643. The summed E-state index contributed by atoms with van der Waals surface area (Å²) in [5, 5.41) is 8.50. The average Bonchev–Trinajstić information content (AvgIpc) is 2.38. The Balaban J connectivity index is 1.92. The van der Waals surface area contributed by atoms with Gasteiger partial charge in [-0.2, -0.15) is 0 Å². The molecule has 0 saturated heterocycles. The maximum atomic E-state index is 10.3. The Bertz CT molecular complexity index is 411. The van der Waals surface area contributed by atoms with Crippen molar-refractivity contribution < 1.29 is 9.90 Å². The number of aromatic nitrogens is 2. The van der Waals surface area contributed by atoms with Crippen LogP contribution in [-0.4, -0.2) is 21.0 Å². The van der Waals surface area contributed by atoms with Gasteiger partial charge in [0.25, 0.3) is 0 Å². The molecule has 106 valence electrons. The van der Waals surface area contributed by atoms with Crippen LogP contribution in [0.4, 0.5) is 0 Å². The summed E-state index contributed by atoms with van der Waals surface area (Å²) in [5.74, 6) is -0.686. The molecule has 5 heteroatoms. The summed E-state index contributed by atoms with van der Waals surface area (Å²) < 4.78 is 0.671. The summed E-state index contributed by atoms with van der Waals surface area (Å²) in [6.07, 6.45) is 12.6. The van der Waals surface area contributed by atoms with E-state index < -0.39 is 5.97 Å². The second-order valence-electron chi connectivity index (χ2n) is 4.77. The van der Waals surface area contributed by atoms with Gasteiger partial charge in [-0.1, -0.05) is 44.3 Å². The maximum absolute atomic E-state index is 10.3. The Morgan fingerprint density at radius 2 is 1.79 bits per heavy atom. The molecule has 1 rings (SSSR count). The highest BCUT2D eigenvalue weighted by molar-refractivity contribution is 7.71. The molecule has 0 atom stereocenters. The van der Waals surface area contributed by atoms with Crippen LogP contribution in [0.15, 0.2) is 12.4 Å². The van der Waals surface area contributed by atoms with Crippen LogP contribution in [0.25, 0.3) is 0 Å². The first-order chi connectivity index (χ1) is 9.18. The molecule has 0 aliphatic rings. The SMILES string of the molecule is O=C(O)CCCCCCCCCc1c[nH]c(=S)cn1. The van der Waals surface area contributed by atoms with E-state index in [9.17, 15) is 4.79 Å². The number of aromatic amines is 1. The van der Waals surface area contributed by atoms with Crippen molar-refractivity contribution in [1.82, 2.24) is 9.97 Å². The van der Waals surface area contributed by atoms with E-state index in [2.05, 4.69) is 9.97 Å². The highest BCUT2D eigenvalue weighted by Crippen LogP contribution is 2.10. The maximum Gasteiger partial charge on any atom is 0.303 e. The van der Waals surface area contributed by atoms with Crippen molar-refractivity contribution in [3.63, 3.8) is 0 Å². The first kappa shape index (κ1) is 15.8. The fourth-order valence-electron chi connectivity index (χ4n) is 1.97. The molecule has 0 saturated carbocycles. The normalized spacial score (nSPS) is 10.5.